The number of urea groups is 1. The Labute approximate surface area is 179 Å². The second-order valence-electron chi connectivity index (χ2n) is 7.48. The van der Waals surface area contributed by atoms with Crippen LogP contribution in [0.25, 0.3) is 0 Å². The van der Waals surface area contributed by atoms with E-state index in [4.69, 9.17) is 14.2 Å². The Morgan fingerprint density at radius 2 is 1.90 bits per heavy atom. The van der Waals surface area contributed by atoms with Crippen LogP contribution in [0.1, 0.15) is 12.5 Å². The molecule has 2 aliphatic rings. The first-order chi connectivity index (χ1) is 14.9. The third kappa shape index (κ3) is 3.98. The second-order valence-corrected chi connectivity index (χ2v) is 7.48. The molecule has 31 heavy (non-hydrogen) atoms. The van der Waals surface area contributed by atoms with Gasteiger partial charge in [-0.1, -0.05) is 24.3 Å². The zero-order valence-electron chi connectivity index (χ0n) is 17.2. The summed E-state index contributed by atoms with van der Waals surface area (Å²) < 4.78 is 16.5. The summed E-state index contributed by atoms with van der Waals surface area (Å²) in [4.78, 5) is 38.7. The average molecular weight is 425 g/mol. The number of fused-ring (bicyclic) bond motifs is 1. The number of hydrogen-bond acceptors (Lipinski definition) is 6. The molecule has 2 aromatic carbocycles. The normalized spacial score (nSPS) is 22.1. The first kappa shape index (κ1) is 20.5. The number of nitrogens with zero attached hydrogens (tertiary/aromatic N) is 1. The maximum Gasteiger partial charge on any atom is 0.325 e. The van der Waals surface area contributed by atoms with E-state index in [0.717, 1.165) is 4.90 Å². The Kier molecular flexibility index (Phi) is 5.41. The number of benzene rings is 2. The summed E-state index contributed by atoms with van der Waals surface area (Å²) in [7, 11) is 1.54. The smallest absolute Gasteiger partial charge is 0.325 e. The fourth-order valence-electron chi connectivity index (χ4n) is 3.55. The molecular formula is C22H23N3O6. The van der Waals surface area contributed by atoms with E-state index in [9.17, 15) is 14.4 Å². The number of methoxy groups -OCH3 is 1. The molecule has 9 heteroatoms. The van der Waals surface area contributed by atoms with Gasteiger partial charge in [0.15, 0.2) is 11.5 Å². The maximum absolute atomic E-state index is 13.0. The van der Waals surface area contributed by atoms with Crippen molar-refractivity contribution in [2.75, 3.05) is 26.8 Å². The highest BCUT2D eigenvalue weighted by atomic mass is 16.6. The van der Waals surface area contributed by atoms with Gasteiger partial charge in [0, 0.05) is 0 Å². The highest BCUT2D eigenvalue weighted by Crippen LogP contribution is 2.31. The van der Waals surface area contributed by atoms with Crippen molar-refractivity contribution in [1.29, 1.82) is 0 Å². The number of imide groups is 1. The number of amides is 4. The molecule has 0 spiro atoms. The van der Waals surface area contributed by atoms with Crippen LogP contribution in [-0.2, 0) is 15.1 Å². The van der Waals surface area contributed by atoms with E-state index in [1.807, 2.05) is 18.2 Å². The van der Waals surface area contributed by atoms with Gasteiger partial charge in [-0.15, -0.1) is 0 Å². The van der Waals surface area contributed by atoms with E-state index < -0.39 is 23.4 Å². The predicted molar refractivity (Wildman–Crippen MR) is 110 cm³/mol. The van der Waals surface area contributed by atoms with Crippen molar-refractivity contribution in [3.05, 3.63) is 54.1 Å². The lowest BCUT2D eigenvalue weighted by Gasteiger charge is -2.26. The molecule has 0 aromatic heterocycles. The van der Waals surface area contributed by atoms with Crippen molar-refractivity contribution in [3.63, 3.8) is 0 Å². The van der Waals surface area contributed by atoms with E-state index in [-0.39, 0.29) is 25.8 Å². The van der Waals surface area contributed by atoms with Crippen molar-refractivity contribution in [2.24, 2.45) is 0 Å². The molecule has 0 radical (unpaired) electrons. The molecule has 162 valence electrons. The van der Waals surface area contributed by atoms with Crippen molar-refractivity contribution in [1.82, 2.24) is 15.5 Å². The number of para-hydroxylation sites is 2. The summed E-state index contributed by atoms with van der Waals surface area (Å²) in [6.45, 7) is 1.70. The van der Waals surface area contributed by atoms with Gasteiger partial charge in [0.1, 0.15) is 30.5 Å². The van der Waals surface area contributed by atoms with Crippen molar-refractivity contribution >= 4 is 17.8 Å². The first-order valence-corrected chi connectivity index (χ1v) is 9.84. The van der Waals surface area contributed by atoms with E-state index in [0.29, 0.717) is 22.8 Å². The third-order valence-electron chi connectivity index (χ3n) is 5.34. The molecule has 2 atom stereocenters. The molecule has 0 unspecified atom stereocenters. The Morgan fingerprint density at radius 3 is 2.61 bits per heavy atom. The Morgan fingerprint density at radius 1 is 1.19 bits per heavy atom. The van der Waals surface area contributed by atoms with Gasteiger partial charge in [-0.05, 0) is 36.8 Å². The van der Waals surface area contributed by atoms with Crippen LogP contribution in [0.3, 0.4) is 0 Å². The minimum Gasteiger partial charge on any atom is -0.497 e. The van der Waals surface area contributed by atoms with Crippen LogP contribution in [0.15, 0.2) is 48.5 Å². The zero-order valence-corrected chi connectivity index (χ0v) is 17.2. The van der Waals surface area contributed by atoms with Crippen LogP contribution >= 0.6 is 0 Å². The van der Waals surface area contributed by atoms with Gasteiger partial charge in [0.25, 0.3) is 5.91 Å². The molecule has 2 heterocycles. The van der Waals surface area contributed by atoms with Gasteiger partial charge in [0.2, 0.25) is 5.91 Å². The summed E-state index contributed by atoms with van der Waals surface area (Å²) in [6.07, 6.45) is -0.369. The average Bonchev–Trinajstić information content (AvgIpc) is 3.01. The monoisotopic (exact) mass is 425 g/mol. The lowest BCUT2D eigenvalue weighted by Crippen LogP contribution is -2.46. The van der Waals surface area contributed by atoms with Gasteiger partial charge in [-0.2, -0.15) is 0 Å². The maximum atomic E-state index is 13.0. The van der Waals surface area contributed by atoms with E-state index in [2.05, 4.69) is 10.6 Å². The molecule has 9 nitrogen and oxygen atoms in total. The molecule has 2 aliphatic heterocycles. The largest absolute Gasteiger partial charge is 0.497 e. The lowest BCUT2D eigenvalue weighted by molar-refractivity contribution is -0.134. The fourth-order valence-corrected chi connectivity index (χ4v) is 3.55. The minimum absolute atomic E-state index is 0.187. The summed E-state index contributed by atoms with van der Waals surface area (Å²) in [6, 6.07) is 13.5. The molecule has 4 rings (SSSR count). The summed E-state index contributed by atoms with van der Waals surface area (Å²) >= 11 is 0. The number of rotatable bonds is 6. The Bertz CT molecular complexity index is 1010. The molecule has 4 amide bonds. The van der Waals surface area contributed by atoms with Crippen molar-refractivity contribution < 1.29 is 28.6 Å². The van der Waals surface area contributed by atoms with Crippen LogP contribution in [0.4, 0.5) is 4.79 Å². The molecule has 2 N–H and O–H groups in total. The van der Waals surface area contributed by atoms with Crippen LogP contribution in [0.5, 0.6) is 17.2 Å². The predicted octanol–water partition coefficient (Wildman–Crippen LogP) is 1.42. The quantitative estimate of drug-likeness (QED) is 0.678. The van der Waals surface area contributed by atoms with Crippen molar-refractivity contribution in [3.8, 4) is 17.2 Å². The van der Waals surface area contributed by atoms with E-state index in [1.165, 1.54) is 0 Å². The van der Waals surface area contributed by atoms with Gasteiger partial charge in [-0.3, -0.25) is 14.5 Å². The van der Waals surface area contributed by atoms with E-state index in [1.54, 1.807) is 44.4 Å². The van der Waals surface area contributed by atoms with Crippen LogP contribution in [0, 0.1) is 0 Å². The lowest BCUT2D eigenvalue weighted by atomic mass is 9.92. The summed E-state index contributed by atoms with van der Waals surface area (Å²) in [5.41, 5.74) is -0.658. The molecule has 1 saturated heterocycles. The molecular weight excluding hydrogens is 402 g/mol. The highest BCUT2D eigenvalue weighted by molar-refractivity contribution is 6.09. The van der Waals surface area contributed by atoms with Gasteiger partial charge < -0.3 is 24.8 Å². The number of hydrogen-bond donors (Lipinski definition) is 2. The topological polar surface area (TPSA) is 106 Å². The van der Waals surface area contributed by atoms with Crippen LogP contribution < -0.4 is 24.8 Å². The second kappa shape index (κ2) is 8.17. The number of carbonyl (C=O) groups excluding carboxylic acids is 3. The van der Waals surface area contributed by atoms with Crippen molar-refractivity contribution in [2.45, 2.75) is 18.6 Å². The number of carbonyl (C=O) groups is 3. The third-order valence-corrected chi connectivity index (χ3v) is 5.34. The summed E-state index contributed by atoms with van der Waals surface area (Å²) in [5, 5.41) is 5.38. The number of nitrogens with one attached hydrogen (secondary N) is 2. The van der Waals surface area contributed by atoms with E-state index >= 15 is 0 Å². The fraction of sp³-hybridized carbons (Fsp3) is 0.318. The Hall–Kier alpha value is -3.75. The molecule has 0 bridgehead atoms. The van der Waals surface area contributed by atoms with Crippen LogP contribution in [-0.4, -0.2) is 55.7 Å². The number of ether oxygens (including phenoxy) is 3. The molecule has 0 saturated carbocycles. The summed E-state index contributed by atoms with van der Waals surface area (Å²) in [5.74, 6) is 0.936. The van der Waals surface area contributed by atoms with Gasteiger partial charge in [0.05, 0.1) is 13.7 Å². The minimum atomic E-state index is -1.26. The van der Waals surface area contributed by atoms with Gasteiger partial charge in [-0.25, -0.2) is 4.79 Å². The molecule has 2 aromatic rings. The molecule has 0 aliphatic carbocycles. The highest BCUT2D eigenvalue weighted by Gasteiger charge is 2.49. The zero-order chi connectivity index (χ0) is 22.0. The van der Waals surface area contributed by atoms with Crippen LogP contribution in [0.2, 0.25) is 0 Å². The standard InChI is InChI=1S/C22H23N3O6/c1-22(14-7-9-15(29-2)10-8-14)20(27)25(21(28)24-22)12-19(26)23-11-16-13-30-17-5-3-4-6-18(17)31-16/h3-10,16H,11-13H2,1-2H3,(H,23,26)(H,24,28)/t16-,22-/m0/s1. The first-order valence-electron chi connectivity index (χ1n) is 9.84. The van der Waals surface area contributed by atoms with Gasteiger partial charge >= 0.3 is 6.03 Å². The Balaban J connectivity index is 1.35. The SMILES string of the molecule is COc1ccc([C@]2(C)NC(=O)N(CC(=O)NC[C@H]3COc4ccccc4O3)C2=O)cc1. The molecule has 1 fully saturated rings.